The standard InChI is InChI=1S/C22H43BrN4O5/c1-21(2,31-14-11-22(3,4)32-15-13-27-19(29)16-23)10-9-18(28)26-12-7-6-8-17(25-5)20(24)30/h17,25H,6-16H2,1-5H3,(H2,24,30)(H,26,28)(H,27,29)/t17-/m0/s1. The molecule has 3 amide bonds. The molecule has 0 bridgehead atoms. The van der Waals surface area contributed by atoms with Gasteiger partial charge in [0.05, 0.1) is 35.8 Å². The van der Waals surface area contributed by atoms with Crippen molar-refractivity contribution in [2.75, 3.05) is 38.7 Å². The molecule has 0 aromatic heterocycles. The number of carbonyl (C=O) groups excluding carboxylic acids is 3. The fourth-order valence-corrected chi connectivity index (χ4v) is 3.11. The van der Waals surface area contributed by atoms with Gasteiger partial charge in [0, 0.05) is 19.5 Å². The van der Waals surface area contributed by atoms with E-state index in [1.165, 1.54) is 0 Å². The number of likely N-dealkylation sites (N-methyl/N-ethyl adjacent to an activating group) is 1. The molecule has 0 unspecified atom stereocenters. The van der Waals surface area contributed by atoms with Gasteiger partial charge in [-0.25, -0.2) is 0 Å². The summed E-state index contributed by atoms with van der Waals surface area (Å²) in [5.74, 6) is -0.422. The lowest BCUT2D eigenvalue weighted by atomic mass is 10.0. The van der Waals surface area contributed by atoms with Crippen LogP contribution in [0, 0.1) is 0 Å². The third kappa shape index (κ3) is 16.4. The van der Waals surface area contributed by atoms with Crippen LogP contribution in [0.2, 0.25) is 0 Å². The molecule has 0 rings (SSSR count). The van der Waals surface area contributed by atoms with Crippen molar-refractivity contribution in [2.45, 2.75) is 83.5 Å². The smallest absolute Gasteiger partial charge is 0.234 e. The molecule has 0 aromatic carbocycles. The van der Waals surface area contributed by atoms with Crippen molar-refractivity contribution >= 4 is 33.7 Å². The zero-order chi connectivity index (χ0) is 24.6. The first kappa shape index (κ1) is 30.8. The number of ether oxygens (including phenoxy) is 2. The normalized spacial score (nSPS) is 12.9. The number of unbranched alkanes of at least 4 members (excludes halogenated alkanes) is 1. The highest BCUT2D eigenvalue weighted by atomic mass is 79.9. The minimum absolute atomic E-state index is 0.00377. The van der Waals surface area contributed by atoms with Gasteiger partial charge < -0.3 is 31.2 Å². The molecule has 10 heteroatoms. The quantitative estimate of drug-likeness (QED) is 0.150. The van der Waals surface area contributed by atoms with Gasteiger partial charge in [-0.1, -0.05) is 15.9 Å². The van der Waals surface area contributed by atoms with E-state index in [0.29, 0.717) is 52.0 Å². The Morgan fingerprint density at radius 3 is 2.09 bits per heavy atom. The van der Waals surface area contributed by atoms with E-state index in [1.807, 2.05) is 27.7 Å². The Morgan fingerprint density at radius 1 is 0.906 bits per heavy atom. The van der Waals surface area contributed by atoms with Crippen molar-refractivity contribution in [1.29, 1.82) is 0 Å². The summed E-state index contributed by atoms with van der Waals surface area (Å²) in [6, 6.07) is -0.320. The van der Waals surface area contributed by atoms with Crippen LogP contribution in [0.4, 0.5) is 0 Å². The summed E-state index contributed by atoms with van der Waals surface area (Å²) in [5.41, 5.74) is 4.50. The molecule has 0 aliphatic rings. The Labute approximate surface area is 201 Å². The van der Waals surface area contributed by atoms with Gasteiger partial charge in [-0.3, -0.25) is 14.4 Å². The first-order valence-electron chi connectivity index (χ1n) is 11.3. The van der Waals surface area contributed by atoms with Crippen LogP contribution in [-0.2, 0) is 23.9 Å². The Kier molecular flexibility index (Phi) is 15.8. The minimum atomic E-state index is -0.418. The Hall–Kier alpha value is -1.23. The largest absolute Gasteiger partial charge is 0.375 e. The maximum atomic E-state index is 12.1. The molecule has 0 aromatic rings. The molecule has 1 atom stereocenters. The van der Waals surface area contributed by atoms with E-state index in [4.69, 9.17) is 15.2 Å². The van der Waals surface area contributed by atoms with Crippen LogP contribution in [0.5, 0.6) is 0 Å². The zero-order valence-electron chi connectivity index (χ0n) is 20.4. The van der Waals surface area contributed by atoms with E-state index < -0.39 is 5.60 Å². The van der Waals surface area contributed by atoms with Crippen molar-refractivity contribution in [3.05, 3.63) is 0 Å². The topological polar surface area (TPSA) is 132 Å². The van der Waals surface area contributed by atoms with Gasteiger partial charge >= 0.3 is 0 Å². The van der Waals surface area contributed by atoms with Gasteiger partial charge in [0.2, 0.25) is 17.7 Å². The van der Waals surface area contributed by atoms with Crippen LogP contribution in [-0.4, -0.2) is 73.6 Å². The molecule has 0 heterocycles. The lowest BCUT2D eigenvalue weighted by Crippen LogP contribution is -2.39. The Bertz CT molecular complexity index is 573. The molecule has 0 saturated carbocycles. The van der Waals surface area contributed by atoms with Gasteiger partial charge in [0.1, 0.15) is 0 Å². The van der Waals surface area contributed by atoms with Crippen LogP contribution in [0.15, 0.2) is 0 Å². The monoisotopic (exact) mass is 522 g/mol. The van der Waals surface area contributed by atoms with Crippen LogP contribution in [0.25, 0.3) is 0 Å². The molecule has 0 saturated heterocycles. The number of amides is 3. The van der Waals surface area contributed by atoms with Crippen LogP contribution in [0.1, 0.15) is 66.2 Å². The molecule has 0 radical (unpaired) electrons. The van der Waals surface area contributed by atoms with Crippen LogP contribution in [0.3, 0.4) is 0 Å². The number of hydrogen-bond donors (Lipinski definition) is 4. The fourth-order valence-electron chi connectivity index (χ4n) is 2.92. The summed E-state index contributed by atoms with van der Waals surface area (Å²) < 4.78 is 11.8. The summed E-state index contributed by atoms with van der Waals surface area (Å²) in [7, 11) is 1.71. The number of primary amides is 1. The fraction of sp³-hybridized carbons (Fsp3) is 0.864. The third-order valence-corrected chi connectivity index (χ3v) is 5.63. The van der Waals surface area contributed by atoms with E-state index in [0.717, 1.165) is 12.8 Å². The second kappa shape index (κ2) is 16.4. The van der Waals surface area contributed by atoms with E-state index >= 15 is 0 Å². The minimum Gasteiger partial charge on any atom is -0.375 e. The van der Waals surface area contributed by atoms with Crippen molar-refractivity contribution < 1.29 is 23.9 Å². The first-order valence-corrected chi connectivity index (χ1v) is 12.4. The Balaban J connectivity index is 3.97. The van der Waals surface area contributed by atoms with Crippen molar-refractivity contribution in [3.8, 4) is 0 Å². The summed E-state index contributed by atoms with van der Waals surface area (Å²) in [6.45, 7) is 9.94. The lowest BCUT2D eigenvalue weighted by molar-refractivity contribution is -0.123. The van der Waals surface area contributed by atoms with E-state index in [1.54, 1.807) is 7.05 Å². The van der Waals surface area contributed by atoms with Crippen LogP contribution < -0.4 is 21.7 Å². The predicted molar refractivity (Wildman–Crippen MR) is 130 cm³/mol. The lowest BCUT2D eigenvalue weighted by Gasteiger charge is -2.29. The second-order valence-corrected chi connectivity index (χ2v) is 9.60. The maximum absolute atomic E-state index is 12.1. The summed E-state index contributed by atoms with van der Waals surface area (Å²) in [6.07, 6.45) is 3.97. The summed E-state index contributed by atoms with van der Waals surface area (Å²) in [4.78, 5) is 34.4. The van der Waals surface area contributed by atoms with Crippen LogP contribution >= 0.6 is 15.9 Å². The number of hydrogen-bond acceptors (Lipinski definition) is 6. The molecular weight excluding hydrogens is 480 g/mol. The number of halogens is 1. The highest BCUT2D eigenvalue weighted by Crippen LogP contribution is 2.20. The SMILES string of the molecule is CN[C@@H](CCCCNC(=O)CCC(C)(C)OCCC(C)(C)OCCNC(=O)CBr)C(N)=O. The average molecular weight is 524 g/mol. The van der Waals surface area contributed by atoms with E-state index in [2.05, 4.69) is 31.9 Å². The molecular formula is C22H43BrN4O5. The molecule has 0 aliphatic heterocycles. The molecule has 188 valence electrons. The highest BCUT2D eigenvalue weighted by Gasteiger charge is 2.23. The summed E-state index contributed by atoms with van der Waals surface area (Å²) >= 11 is 3.10. The number of carbonyl (C=O) groups is 3. The van der Waals surface area contributed by atoms with Gasteiger partial charge in [0.15, 0.2) is 0 Å². The number of rotatable bonds is 19. The Morgan fingerprint density at radius 2 is 1.50 bits per heavy atom. The van der Waals surface area contributed by atoms with Gasteiger partial charge in [-0.05, 0) is 66.8 Å². The third-order valence-electron chi connectivity index (χ3n) is 5.12. The summed E-state index contributed by atoms with van der Waals surface area (Å²) in [5, 5.41) is 8.82. The zero-order valence-corrected chi connectivity index (χ0v) is 21.9. The highest BCUT2D eigenvalue weighted by molar-refractivity contribution is 9.09. The van der Waals surface area contributed by atoms with Crippen molar-refractivity contribution in [3.63, 3.8) is 0 Å². The molecule has 0 spiro atoms. The molecule has 5 N–H and O–H groups in total. The van der Waals surface area contributed by atoms with Gasteiger partial charge in [0.25, 0.3) is 0 Å². The molecule has 9 nitrogen and oxygen atoms in total. The van der Waals surface area contributed by atoms with E-state index in [9.17, 15) is 14.4 Å². The second-order valence-electron chi connectivity index (χ2n) is 9.04. The number of nitrogens with one attached hydrogen (secondary N) is 3. The molecule has 0 fully saturated rings. The van der Waals surface area contributed by atoms with E-state index in [-0.39, 0.29) is 34.7 Å². The van der Waals surface area contributed by atoms with Crippen molar-refractivity contribution in [2.24, 2.45) is 5.73 Å². The number of nitrogens with two attached hydrogens (primary N) is 1. The van der Waals surface area contributed by atoms with Gasteiger partial charge in [-0.15, -0.1) is 0 Å². The molecule has 0 aliphatic carbocycles. The van der Waals surface area contributed by atoms with Gasteiger partial charge in [-0.2, -0.15) is 0 Å². The molecule has 32 heavy (non-hydrogen) atoms. The maximum Gasteiger partial charge on any atom is 0.234 e. The van der Waals surface area contributed by atoms with Crippen molar-refractivity contribution in [1.82, 2.24) is 16.0 Å². The average Bonchev–Trinajstić information content (AvgIpc) is 2.71. The predicted octanol–water partition coefficient (Wildman–Crippen LogP) is 1.62. The number of alkyl halides is 1. The first-order chi connectivity index (χ1) is 14.9.